The molecule has 1 aromatic carbocycles. The summed E-state index contributed by atoms with van der Waals surface area (Å²) in [7, 11) is -3.65. The predicted octanol–water partition coefficient (Wildman–Crippen LogP) is 2.92. The van der Waals surface area contributed by atoms with Crippen LogP contribution in [0.1, 0.15) is 5.56 Å². The van der Waals surface area contributed by atoms with Crippen molar-refractivity contribution in [3.05, 3.63) is 66.3 Å². The molecule has 1 aromatic rings. The second-order valence-corrected chi connectivity index (χ2v) is 7.23. The molecule has 0 unspecified atom stereocenters. The lowest BCUT2D eigenvalue weighted by atomic mass is 10.1. The van der Waals surface area contributed by atoms with Crippen molar-refractivity contribution in [3.8, 4) is 24.2 Å². The molecule has 0 saturated heterocycles. The minimum atomic E-state index is -3.65. The second-order valence-electron chi connectivity index (χ2n) is 5.29. The van der Waals surface area contributed by atoms with Crippen LogP contribution < -0.4 is 0 Å². The molecule has 0 saturated carbocycles. The van der Waals surface area contributed by atoms with Gasteiger partial charge in [0.2, 0.25) is 10.0 Å². The number of nitrogens with zero attached hydrogens (tertiary/aromatic N) is 1. The highest BCUT2D eigenvalue weighted by atomic mass is 32.2. The highest BCUT2D eigenvalue weighted by Crippen LogP contribution is 2.16. The van der Waals surface area contributed by atoms with Gasteiger partial charge < -0.3 is 0 Å². The highest BCUT2D eigenvalue weighted by Gasteiger charge is 2.22. The lowest BCUT2D eigenvalue weighted by Gasteiger charge is -2.17. The molecule has 0 radical (unpaired) electrons. The number of allylic oxidation sites excluding steroid dienone is 6. The van der Waals surface area contributed by atoms with Gasteiger partial charge in [-0.1, -0.05) is 71.9 Å². The summed E-state index contributed by atoms with van der Waals surface area (Å²) < 4.78 is 26.6. The van der Waals surface area contributed by atoms with Gasteiger partial charge in [-0.2, -0.15) is 4.31 Å². The van der Waals surface area contributed by atoms with E-state index in [-0.39, 0.29) is 23.9 Å². The van der Waals surface area contributed by atoms with E-state index in [0.29, 0.717) is 0 Å². The molecule has 0 bridgehead atoms. The van der Waals surface area contributed by atoms with Gasteiger partial charge in [-0.15, -0.1) is 6.42 Å². The standard InChI is InChI=1S/C20H19NO2S/c1-3-16-21(17-8-11-19-9-6-4-5-7-10-19)24(22,23)20-14-12-18(2)13-15-20/h1,4-7,9-10,12-15,19H,16-17H2,2H3. The topological polar surface area (TPSA) is 37.4 Å². The summed E-state index contributed by atoms with van der Waals surface area (Å²) in [5.74, 6) is 8.33. The van der Waals surface area contributed by atoms with Crippen LogP contribution in [0.3, 0.4) is 0 Å². The summed E-state index contributed by atoms with van der Waals surface area (Å²) in [5, 5.41) is 0. The summed E-state index contributed by atoms with van der Waals surface area (Å²) in [6, 6.07) is 6.70. The number of hydrogen-bond donors (Lipinski definition) is 0. The molecule has 122 valence electrons. The third kappa shape index (κ3) is 4.73. The highest BCUT2D eigenvalue weighted by molar-refractivity contribution is 7.89. The lowest BCUT2D eigenvalue weighted by Crippen LogP contribution is -2.32. The largest absolute Gasteiger partial charge is 0.244 e. The van der Waals surface area contributed by atoms with Gasteiger partial charge in [0.25, 0.3) is 0 Å². The summed E-state index contributed by atoms with van der Waals surface area (Å²) in [6.45, 7) is 1.96. The van der Waals surface area contributed by atoms with Crippen LogP contribution in [0.5, 0.6) is 0 Å². The zero-order valence-corrected chi connectivity index (χ0v) is 14.3. The maximum atomic E-state index is 12.7. The Balaban J connectivity index is 2.17. The quantitative estimate of drug-likeness (QED) is 0.792. The van der Waals surface area contributed by atoms with Crippen molar-refractivity contribution in [2.24, 2.45) is 5.92 Å². The van der Waals surface area contributed by atoms with Crippen molar-refractivity contribution in [2.45, 2.75) is 11.8 Å². The molecule has 3 nitrogen and oxygen atoms in total. The van der Waals surface area contributed by atoms with Crippen molar-refractivity contribution in [1.82, 2.24) is 4.31 Å². The maximum Gasteiger partial charge on any atom is 0.244 e. The van der Waals surface area contributed by atoms with E-state index < -0.39 is 10.0 Å². The van der Waals surface area contributed by atoms with Crippen LogP contribution in [-0.2, 0) is 10.0 Å². The Kier molecular flexibility index (Phi) is 6.21. The van der Waals surface area contributed by atoms with Crippen molar-refractivity contribution < 1.29 is 8.42 Å². The van der Waals surface area contributed by atoms with Crippen molar-refractivity contribution in [1.29, 1.82) is 0 Å². The Bertz CT molecular complexity index is 841. The molecule has 0 amide bonds. The van der Waals surface area contributed by atoms with E-state index in [0.717, 1.165) is 5.56 Å². The first kappa shape index (κ1) is 17.8. The van der Waals surface area contributed by atoms with Crippen LogP contribution in [0.25, 0.3) is 0 Å². The normalized spacial score (nSPS) is 14.0. The summed E-state index contributed by atoms with van der Waals surface area (Å²) in [6.07, 6.45) is 16.9. The molecule has 0 aliphatic heterocycles. The Morgan fingerprint density at radius 3 is 2.25 bits per heavy atom. The third-order valence-electron chi connectivity index (χ3n) is 3.42. The van der Waals surface area contributed by atoms with Crippen LogP contribution in [0, 0.1) is 37.0 Å². The molecule has 0 heterocycles. The zero-order chi connectivity index (χ0) is 17.4. The molecular formula is C20H19NO2S. The van der Waals surface area contributed by atoms with Gasteiger partial charge in [0.05, 0.1) is 23.9 Å². The van der Waals surface area contributed by atoms with Crippen LogP contribution in [0.2, 0.25) is 0 Å². The number of terminal acetylenes is 1. The Morgan fingerprint density at radius 2 is 1.67 bits per heavy atom. The first-order valence-corrected chi connectivity index (χ1v) is 8.98. The number of benzene rings is 1. The first-order valence-electron chi connectivity index (χ1n) is 7.54. The minimum absolute atomic E-state index is 0.0111. The summed E-state index contributed by atoms with van der Waals surface area (Å²) >= 11 is 0. The van der Waals surface area contributed by atoms with Crippen LogP contribution in [0.15, 0.2) is 65.6 Å². The molecule has 0 aromatic heterocycles. The Morgan fingerprint density at radius 1 is 1.04 bits per heavy atom. The SMILES string of the molecule is C#CCN(CC#CC1C=CC=CC=C1)S(=O)(=O)c1ccc(C)cc1. The molecule has 0 N–H and O–H groups in total. The van der Waals surface area contributed by atoms with E-state index in [4.69, 9.17) is 6.42 Å². The molecule has 24 heavy (non-hydrogen) atoms. The van der Waals surface area contributed by atoms with E-state index in [9.17, 15) is 8.42 Å². The van der Waals surface area contributed by atoms with E-state index in [1.807, 2.05) is 43.4 Å². The number of hydrogen-bond acceptors (Lipinski definition) is 2. The van der Waals surface area contributed by atoms with Crippen molar-refractivity contribution in [3.63, 3.8) is 0 Å². The average molecular weight is 337 g/mol. The molecule has 4 heteroatoms. The summed E-state index contributed by atoms with van der Waals surface area (Å²) in [4.78, 5) is 0.226. The van der Waals surface area contributed by atoms with Crippen molar-refractivity contribution in [2.75, 3.05) is 13.1 Å². The molecule has 0 atom stereocenters. The Hall–Kier alpha value is -2.53. The van der Waals surface area contributed by atoms with Gasteiger partial charge in [-0.25, -0.2) is 8.42 Å². The van der Waals surface area contributed by atoms with Gasteiger partial charge in [-0.05, 0) is 19.1 Å². The average Bonchev–Trinajstić information content (AvgIpc) is 2.83. The summed E-state index contributed by atoms with van der Waals surface area (Å²) in [5.41, 5.74) is 0.998. The van der Waals surface area contributed by atoms with Gasteiger partial charge in [-0.3, -0.25) is 0 Å². The van der Waals surface area contributed by atoms with Crippen LogP contribution in [-0.4, -0.2) is 25.8 Å². The monoisotopic (exact) mass is 337 g/mol. The van der Waals surface area contributed by atoms with Gasteiger partial charge in [0.1, 0.15) is 0 Å². The van der Waals surface area contributed by atoms with Gasteiger partial charge >= 0.3 is 0 Å². The Labute approximate surface area is 144 Å². The third-order valence-corrected chi connectivity index (χ3v) is 5.23. The maximum absolute atomic E-state index is 12.7. The fourth-order valence-corrected chi connectivity index (χ4v) is 3.35. The van der Waals surface area contributed by atoms with Crippen molar-refractivity contribution >= 4 is 10.0 Å². The zero-order valence-electron chi connectivity index (χ0n) is 13.5. The van der Waals surface area contributed by atoms with E-state index in [1.54, 1.807) is 24.3 Å². The predicted molar refractivity (Wildman–Crippen MR) is 97.5 cm³/mol. The van der Waals surface area contributed by atoms with Crippen LogP contribution in [0.4, 0.5) is 0 Å². The molecule has 1 aliphatic rings. The first-order chi connectivity index (χ1) is 11.5. The number of sulfonamides is 1. The molecule has 2 rings (SSSR count). The minimum Gasteiger partial charge on any atom is -0.207 e. The number of aryl methyl sites for hydroxylation is 1. The molecule has 1 aliphatic carbocycles. The van der Waals surface area contributed by atoms with E-state index >= 15 is 0 Å². The van der Waals surface area contributed by atoms with E-state index in [2.05, 4.69) is 17.8 Å². The fraction of sp³-hybridized carbons (Fsp3) is 0.200. The fourth-order valence-electron chi connectivity index (χ4n) is 2.10. The molecular weight excluding hydrogens is 318 g/mol. The molecule has 0 spiro atoms. The lowest BCUT2D eigenvalue weighted by molar-refractivity contribution is 0.482. The van der Waals surface area contributed by atoms with Crippen LogP contribution >= 0.6 is 0 Å². The number of rotatable bonds is 4. The smallest absolute Gasteiger partial charge is 0.207 e. The second kappa shape index (κ2) is 8.36. The molecule has 0 fully saturated rings. The van der Waals surface area contributed by atoms with E-state index in [1.165, 1.54) is 4.31 Å². The van der Waals surface area contributed by atoms with Gasteiger partial charge in [0, 0.05) is 0 Å². The van der Waals surface area contributed by atoms with Gasteiger partial charge in [0.15, 0.2) is 0 Å².